The van der Waals surface area contributed by atoms with Crippen molar-refractivity contribution < 1.29 is 4.74 Å². The molecule has 0 heterocycles. The summed E-state index contributed by atoms with van der Waals surface area (Å²) in [6.45, 7) is 13.4. The summed E-state index contributed by atoms with van der Waals surface area (Å²) in [7, 11) is 1.74. The zero-order chi connectivity index (χ0) is 15.7. The summed E-state index contributed by atoms with van der Waals surface area (Å²) in [6, 6.07) is 6.55. The first-order valence-electron chi connectivity index (χ1n) is 7.95. The molecule has 0 saturated carbocycles. The van der Waals surface area contributed by atoms with Gasteiger partial charge in [-0.2, -0.15) is 0 Å². The second-order valence-electron chi connectivity index (χ2n) is 5.30. The Bertz CT molecular complexity index is 431. The van der Waals surface area contributed by atoms with E-state index in [1.165, 1.54) is 11.3 Å². The van der Waals surface area contributed by atoms with Crippen molar-refractivity contribution in [1.82, 2.24) is 5.32 Å². The molecule has 0 saturated heterocycles. The molecule has 118 valence electrons. The average molecular weight is 290 g/mol. The first kappa shape index (κ1) is 17.6. The standard InChI is InChI=1S/C18H30N2O/c1-6-12-19-15(4)18-16(10-9-11-17(18)21-5)20(13-7-2)14-8-3/h7,9-11,15,19H,2,6,8,12-14H2,1,3-5H3. The number of methoxy groups -OCH3 is 1. The fourth-order valence-electron chi connectivity index (χ4n) is 2.62. The molecule has 1 aromatic carbocycles. The molecule has 0 bridgehead atoms. The van der Waals surface area contributed by atoms with Gasteiger partial charge in [-0.25, -0.2) is 0 Å². The smallest absolute Gasteiger partial charge is 0.125 e. The van der Waals surface area contributed by atoms with Crippen molar-refractivity contribution in [2.45, 2.75) is 39.7 Å². The number of nitrogens with zero attached hydrogens (tertiary/aromatic N) is 1. The van der Waals surface area contributed by atoms with E-state index in [2.05, 4.69) is 49.7 Å². The first-order chi connectivity index (χ1) is 10.2. The lowest BCUT2D eigenvalue weighted by atomic mass is 10.0. The maximum Gasteiger partial charge on any atom is 0.125 e. The lowest BCUT2D eigenvalue weighted by molar-refractivity contribution is 0.401. The van der Waals surface area contributed by atoms with Gasteiger partial charge >= 0.3 is 0 Å². The Kier molecular flexibility index (Phi) is 7.91. The number of benzene rings is 1. The van der Waals surface area contributed by atoms with Gasteiger partial charge in [0.25, 0.3) is 0 Å². The highest BCUT2D eigenvalue weighted by molar-refractivity contribution is 5.61. The average Bonchev–Trinajstić information content (AvgIpc) is 2.51. The number of hydrogen-bond acceptors (Lipinski definition) is 3. The minimum absolute atomic E-state index is 0.264. The van der Waals surface area contributed by atoms with Gasteiger partial charge in [0.15, 0.2) is 0 Å². The van der Waals surface area contributed by atoms with Crippen LogP contribution in [0.25, 0.3) is 0 Å². The second-order valence-corrected chi connectivity index (χ2v) is 5.30. The van der Waals surface area contributed by atoms with Crippen molar-refractivity contribution in [3.63, 3.8) is 0 Å². The molecule has 3 nitrogen and oxygen atoms in total. The Hall–Kier alpha value is -1.48. The summed E-state index contributed by atoms with van der Waals surface area (Å²) in [5, 5.41) is 3.57. The lowest BCUT2D eigenvalue weighted by Crippen LogP contribution is -2.28. The van der Waals surface area contributed by atoms with E-state index in [1.807, 2.05) is 12.1 Å². The SMILES string of the molecule is C=CCN(CCC)c1cccc(OC)c1C(C)NCCC. The molecule has 21 heavy (non-hydrogen) atoms. The predicted molar refractivity (Wildman–Crippen MR) is 92.4 cm³/mol. The molecule has 0 amide bonds. The molecule has 0 aliphatic rings. The summed E-state index contributed by atoms with van der Waals surface area (Å²) < 4.78 is 5.60. The van der Waals surface area contributed by atoms with Crippen LogP contribution in [-0.4, -0.2) is 26.7 Å². The molecule has 1 unspecified atom stereocenters. The number of rotatable bonds is 10. The molecular weight excluding hydrogens is 260 g/mol. The molecule has 0 aromatic heterocycles. The summed E-state index contributed by atoms with van der Waals surface area (Å²) in [6.07, 6.45) is 4.20. The van der Waals surface area contributed by atoms with E-state index < -0.39 is 0 Å². The van der Waals surface area contributed by atoms with E-state index in [0.717, 1.165) is 38.2 Å². The zero-order valence-corrected chi connectivity index (χ0v) is 14.0. The van der Waals surface area contributed by atoms with E-state index in [9.17, 15) is 0 Å². The molecule has 1 rings (SSSR count). The van der Waals surface area contributed by atoms with Crippen molar-refractivity contribution >= 4 is 5.69 Å². The van der Waals surface area contributed by atoms with Gasteiger partial charge in [0.2, 0.25) is 0 Å². The summed E-state index contributed by atoms with van der Waals surface area (Å²) in [4.78, 5) is 2.37. The highest BCUT2D eigenvalue weighted by Crippen LogP contribution is 2.34. The molecule has 0 fully saturated rings. The summed E-state index contributed by atoms with van der Waals surface area (Å²) in [5.74, 6) is 0.953. The van der Waals surface area contributed by atoms with Crippen LogP contribution >= 0.6 is 0 Å². The third kappa shape index (κ3) is 4.78. The van der Waals surface area contributed by atoms with Crippen molar-refractivity contribution in [2.75, 3.05) is 31.6 Å². The Balaban J connectivity index is 3.19. The Labute approximate surface area is 130 Å². The van der Waals surface area contributed by atoms with Gasteiger partial charge in [0, 0.05) is 30.4 Å². The van der Waals surface area contributed by atoms with E-state index in [1.54, 1.807) is 7.11 Å². The Morgan fingerprint density at radius 1 is 1.33 bits per heavy atom. The molecule has 0 aliphatic heterocycles. The number of nitrogens with one attached hydrogen (secondary N) is 1. The molecule has 0 spiro atoms. The van der Waals surface area contributed by atoms with Crippen molar-refractivity contribution in [3.8, 4) is 5.75 Å². The van der Waals surface area contributed by atoms with Crippen LogP contribution < -0.4 is 15.0 Å². The van der Waals surface area contributed by atoms with Gasteiger partial charge in [-0.3, -0.25) is 0 Å². The van der Waals surface area contributed by atoms with E-state index in [-0.39, 0.29) is 6.04 Å². The number of anilines is 1. The highest BCUT2D eigenvalue weighted by Gasteiger charge is 2.18. The third-order valence-electron chi connectivity index (χ3n) is 3.58. The van der Waals surface area contributed by atoms with E-state index >= 15 is 0 Å². The predicted octanol–water partition coefficient (Wildman–Crippen LogP) is 4.16. The molecule has 3 heteroatoms. The van der Waals surface area contributed by atoms with Gasteiger partial charge < -0.3 is 15.0 Å². The third-order valence-corrected chi connectivity index (χ3v) is 3.58. The van der Waals surface area contributed by atoms with E-state index in [4.69, 9.17) is 4.74 Å². The van der Waals surface area contributed by atoms with Crippen LogP contribution in [0.4, 0.5) is 5.69 Å². The fraction of sp³-hybridized carbons (Fsp3) is 0.556. The van der Waals surface area contributed by atoms with Gasteiger partial charge in [0.05, 0.1) is 7.11 Å². The lowest BCUT2D eigenvalue weighted by Gasteiger charge is -2.29. The van der Waals surface area contributed by atoms with Crippen molar-refractivity contribution in [1.29, 1.82) is 0 Å². The van der Waals surface area contributed by atoms with Crippen LogP contribution in [0.2, 0.25) is 0 Å². The van der Waals surface area contributed by atoms with Gasteiger partial charge in [-0.05, 0) is 38.4 Å². The van der Waals surface area contributed by atoms with Gasteiger partial charge in [-0.15, -0.1) is 6.58 Å². The van der Waals surface area contributed by atoms with Crippen LogP contribution in [0, 0.1) is 0 Å². The van der Waals surface area contributed by atoms with E-state index in [0.29, 0.717) is 0 Å². The van der Waals surface area contributed by atoms with Crippen LogP contribution in [0.3, 0.4) is 0 Å². The molecule has 0 aliphatic carbocycles. The highest BCUT2D eigenvalue weighted by atomic mass is 16.5. The summed E-state index contributed by atoms with van der Waals surface area (Å²) >= 11 is 0. The quantitative estimate of drug-likeness (QED) is 0.655. The minimum Gasteiger partial charge on any atom is -0.496 e. The fourth-order valence-corrected chi connectivity index (χ4v) is 2.62. The van der Waals surface area contributed by atoms with Crippen LogP contribution in [-0.2, 0) is 0 Å². The number of ether oxygens (including phenoxy) is 1. The Morgan fingerprint density at radius 3 is 2.67 bits per heavy atom. The Morgan fingerprint density at radius 2 is 2.10 bits per heavy atom. The topological polar surface area (TPSA) is 24.5 Å². The largest absolute Gasteiger partial charge is 0.496 e. The number of hydrogen-bond donors (Lipinski definition) is 1. The maximum absolute atomic E-state index is 5.60. The first-order valence-corrected chi connectivity index (χ1v) is 7.95. The normalized spacial score (nSPS) is 12.0. The maximum atomic E-state index is 5.60. The molecule has 1 atom stereocenters. The minimum atomic E-state index is 0.264. The summed E-state index contributed by atoms with van der Waals surface area (Å²) in [5.41, 5.74) is 2.48. The molecule has 0 radical (unpaired) electrons. The zero-order valence-electron chi connectivity index (χ0n) is 14.0. The molecular formula is C18H30N2O. The van der Waals surface area contributed by atoms with Crippen LogP contribution in [0.15, 0.2) is 30.9 Å². The van der Waals surface area contributed by atoms with Crippen molar-refractivity contribution in [2.24, 2.45) is 0 Å². The van der Waals surface area contributed by atoms with Crippen LogP contribution in [0.5, 0.6) is 5.75 Å². The van der Waals surface area contributed by atoms with Crippen molar-refractivity contribution in [3.05, 3.63) is 36.4 Å². The molecule has 1 aromatic rings. The monoisotopic (exact) mass is 290 g/mol. The second kappa shape index (κ2) is 9.46. The van der Waals surface area contributed by atoms with Gasteiger partial charge in [0.1, 0.15) is 5.75 Å². The van der Waals surface area contributed by atoms with Crippen LogP contribution in [0.1, 0.15) is 45.2 Å². The van der Waals surface area contributed by atoms with Gasteiger partial charge in [-0.1, -0.05) is 26.0 Å². The molecule has 1 N–H and O–H groups in total.